The van der Waals surface area contributed by atoms with E-state index in [0.717, 1.165) is 25.7 Å². The highest BCUT2D eigenvalue weighted by Gasteiger charge is 2.09. The molecule has 0 N–H and O–H groups in total. The Morgan fingerprint density at radius 2 is 1.45 bits per heavy atom. The number of rotatable bonds is 15. The van der Waals surface area contributed by atoms with E-state index in [0.29, 0.717) is 0 Å². The zero-order valence-corrected chi connectivity index (χ0v) is 15.2. The lowest BCUT2D eigenvalue weighted by atomic mass is 10.1. The van der Waals surface area contributed by atoms with Crippen molar-refractivity contribution in [2.45, 2.75) is 110 Å². The van der Waals surface area contributed by atoms with Gasteiger partial charge in [-0.3, -0.25) is 4.79 Å². The van der Waals surface area contributed by atoms with Crippen molar-refractivity contribution < 1.29 is 9.53 Å². The van der Waals surface area contributed by atoms with Crippen molar-refractivity contribution in [3.63, 3.8) is 0 Å². The first-order valence-electron chi connectivity index (χ1n) is 9.52. The molecular formula is C20H38O2. The Kier molecular flexibility index (Phi) is 16.0. The maximum Gasteiger partial charge on any atom is 0.302 e. The molecule has 0 radical (unpaired) electrons. The first-order chi connectivity index (χ1) is 10.7. The Bertz CT molecular complexity index is 271. The van der Waals surface area contributed by atoms with Crippen LogP contribution < -0.4 is 0 Å². The molecule has 0 aliphatic rings. The normalized spacial score (nSPS) is 12.7. The molecule has 2 heteroatoms. The minimum atomic E-state index is -0.148. The van der Waals surface area contributed by atoms with E-state index in [9.17, 15) is 4.79 Å². The van der Waals surface area contributed by atoms with Gasteiger partial charge in [0.1, 0.15) is 6.10 Å². The molecule has 22 heavy (non-hydrogen) atoms. The van der Waals surface area contributed by atoms with Gasteiger partial charge >= 0.3 is 5.97 Å². The molecule has 0 spiro atoms. The molecule has 0 aromatic heterocycles. The predicted octanol–water partition coefficient (Wildman–Crippen LogP) is 6.59. The molecule has 0 aromatic rings. The SMILES string of the molecule is CCCCCCCC/C=C\C[C@@H](CCCCCC)OC(C)=O. The quantitative estimate of drug-likeness (QED) is 0.194. The highest BCUT2D eigenvalue weighted by atomic mass is 16.5. The Morgan fingerprint density at radius 3 is 2.09 bits per heavy atom. The molecule has 0 amide bonds. The molecule has 0 saturated carbocycles. The maximum absolute atomic E-state index is 11.2. The third kappa shape index (κ3) is 15.6. The second kappa shape index (κ2) is 16.6. The lowest BCUT2D eigenvalue weighted by Gasteiger charge is -2.15. The van der Waals surface area contributed by atoms with Crippen LogP contribution >= 0.6 is 0 Å². The van der Waals surface area contributed by atoms with Gasteiger partial charge in [-0.15, -0.1) is 0 Å². The van der Waals surface area contributed by atoms with Crippen LogP contribution in [-0.2, 0) is 9.53 Å². The summed E-state index contributed by atoms with van der Waals surface area (Å²) in [5, 5.41) is 0. The zero-order valence-electron chi connectivity index (χ0n) is 15.2. The Morgan fingerprint density at radius 1 is 0.864 bits per heavy atom. The van der Waals surface area contributed by atoms with E-state index in [2.05, 4.69) is 26.0 Å². The number of esters is 1. The van der Waals surface area contributed by atoms with Crippen LogP contribution in [-0.4, -0.2) is 12.1 Å². The van der Waals surface area contributed by atoms with Crippen LogP contribution in [0.4, 0.5) is 0 Å². The third-order valence-electron chi connectivity index (χ3n) is 4.00. The van der Waals surface area contributed by atoms with Crippen LogP contribution in [0.15, 0.2) is 12.2 Å². The van der Waals surface area contributed by atoms with E-state index in [1.54, 1.807) is 0 Å². The van der Waals surface area contributed by atoms with E-state index >= 15 is 0 Å². The van der Waals surface area contributed by atoms with E-state index in [4.69, 9.17) is 4.74 Å². The highest BCUT2D eigenvalue weighted by Crippen LogP contribution is 2.13. The Labute approximate surface area is 138 Å². The van der Waals surface area contributed by atoms with Crippen molar-refractivity contribution in [2.24, 2.45) is 0 Å². The van der Waals surface area contributed by atoms with Gasteiger partial charge in [0.15, 0.2) is 0 Å². The highest BCUT2D eigenvalue weighted by molar-refractivity contribution is 5.66. The first-order valence-corrected chi connectivity index (χ1v) is 9.52. The molecule has 0 aliphatic heterocycles. The number of unbranched alkanes of at least 4 members (excludes halogenated alkanes) is 9. The molecule has 0 fully saturated rings. The summed E-state index contributed by atoms with van der Waals surface area (Å²) in [5.41, 5.74) is 0. The number of allylic oxidation sites excluding steroid dienone is 1. The molecule has 0 unspecified atom stereocenters. The molecule has 0 heterocycles. The molecule has 0 bridgehead atoms. The van der Waals surface area contributed by atoms with Crippen molar-refractivity contribution in [1.82, 2.24) is 0 Å². The van der Waals surface area contributed by atoms with E-state index < -0.39 is 0 Å². The van der Waals surface area contributed by atoms with Crippen LogP contribution in [0.2, 0.25) is 0 Å². The van der Waals surface area contributed by atoms with Crippen LogP contribution in [0.25, 0.3) is 0 Å². The van der Waals surface area contributed by atoms with Crippen molar-refractivity contribution in [3.05, 3.63) is 12.2 Å². The van der Waals surface area contributed by atoms with Crippen molar-refractivity contribution in [2.75, 3.05) is 0 Å². The minimum absolute atomic E-state index is 0.0789. The van der Waals surface area contributed by atoms with Gasteiger partial charge in [0.05, 0.1) is 0 Å². The molecule has 1 atom stereocenters. The lowest BCUT2D eigenvalue weighted by molar-refractivity contribution is -0.146. The van der Waals surface area contributed by atoms with Crippen molar-refractivity contribution in [3.8, 4) is 0 Å². The summed E-state index contributed by atoms with van der Waals surface area (Å²) >= 11 is 0. The summed E-state index contributed by atoms with van der Waals surface area (Å²) in [4.78, 5) is 11.2. The predicted molar refractivity (Wildman–Crippen MR) is 96.1 cm³/mol. The average molecular weight is 311 g/mol. The van der Waals surface area contributed by atoms with Gasteiger partial charge in [-0.25, -0.2) is 0 Å². The Balaban J connectivity index is 3.71. The standard InChI is InChI=1S/C20H38O2/c1-4-6-8-10-11-12-13-14-16-18-20(22-19(3)21)17-15-9-7-5-2/h14,16,20H,4-13,15,17-18H2,1-3H3/b16-14-/t20-/m1/s1. The summed E-state index contributed by atoms with van der Waals surface area (Å²) in [7, 11) is 0. The summed E-state index contributed by atoms with van der Waals surface area (Å²) in [6.45, 7) is 5.98. The minimum Gasteiger partial charge on any atom is -0.462 e. The van der Waals surface area contributed by atoms with Gasteiger partial charge in [-0.1, -0.05) is 77.4 Å². The van der Waals surface area contributed by atoms with Gasteiger partial charge in [0.2, 0.25) is 0 Å². The average Bonchev–Trinajstić information content (AvgIpc) is 2.49. The van der Waals surface area contributed by atoms with Gasteiger partial charge < -0.3 is 4.74 Å². The van der Waals surface area contributed by atoms with Crippen molar-refractivity contribution >= 4 is 5.97 Å². The van der Waals surface area contributed by atoms with Gasteiger partial charge in [-0.2, -0.15) is 0 Å². The summed E-state index contributed by atoms with van der Waals surface area (Å²) in [6, 6.07) is 0. The maximum atomic E-state index is 11.2. The summed E-state index contributed by atoms with van der Waals surface area (Å²) in [6.07, 6.45) is 20.6. The molecule has 0 aliphatic carbocycles. The topological polar surface area (TPSA) is 26.3 Å². The first kappa shape index (κ1) is 21.2. The van der Waals surface area contributed by atoms with Crippen LogP contribution in [0, 0.1) is 0 Å². The molecular weight excluding hydrogens is 272 g/mol. The molecule has 0 rings (SSSR count). The van der Waals surface area contributed by atoms with Gasteiger partial charge in [0, 0.05) is 13.3 Å². The van der Waals surface area contributed by atoms with Crippen LogP contribution in [0.3, 0.4) is 0 Å². The molecule has 0 aromatic carbocycles. The Hall–Kier alpha value is -0.790. The largest absolute Gasteiger partial charge is 0.462 e. The molecule has 130 valence electrons. The van der Waals surface area contributed by atoms with Crippen LogP contribution in [0.1, 0.15) is 104 Å². The number of carbonyl (C=O) groups excluding carboxylic acids is 1. The number of hydrogen-bond donors (Lipinski definition) is 0. The number of hydrogen-bond acceptors (Lipinski definition) is 2. The fraction of sp³-hybridized carbons (Fsp3) is 0.850. The second-order valence-corrected chi connectivity index (χ2v) is 6.34. The third-order valence-corrected chi connectivity index (χ3v) is 4.00. The smallest absolute Gasteiger partial charge is 0.302 e. The fourth-order valence-electron chi connectivity index (χ4n) is 2.67. The molecule has 2 nitrogen and oxygen atoms in total. The van der Waals surface area contributed by atoms with Gasteiger partial charge in [0.25, 0.3) is 0 Å². The molecule has 0 saturated heterocycles. The summed E-state index contributed by atoms with van der Waals surface area (Å²) < 4.78 is 5.41. The fourth-order valence-corrected chi connectivity index (χ4v) is 2.67. The zero-order chi connectivity index (χ0) is 16.5. The van der Waals surface area contributed by atoms with Crippen molar-refractivity contribution in [1.29, 1.82) is 0 Å². The number of carbonyl (C=O) groups is 1. The van der Waals surface area contributed by atoms with E-state index in [-0.39, 0.29) is 12.1 Å². The lowest BCUT2D eigenvalue weighted by Crippen LogP contribution is -2.15. The van der Waals surface area contributed by atoms with Gasteiger partial charge in [-0.05, 0) is 25.7 Å². The second-order valence-electron chi connectivity index (χ2n) is 6.34. The van der Waals surface area contributed by atoms with E-state index in [1.165, 1.54) is 64.7 Å². The monoisotopic (exact) mass is 310 g/mol. The van der Waals surface area contributed by atoms with E-state index in [1.807, 2.05) is 0 Å². The summed E-state index contributed by atoms with van der Waals surface area (Å²) in [5.74, 6) is -0.148. The van der Waals surface area contributed by atoms with Crippen LogP contribution in [0.5, 0.6) is 0 Å². The number of ether oxygens (including phenoxy) is 1.